The van der Waals surface area contributed by atoms with Gasteiger partial charge in [-0.1, -0.05) is 63.9 Å². The van der Waals surface area contributed by atoms with Crippen molar-refractivity contribution in [1.82, 2.24) is 4.98 Å². The van der Waals surface area contributed by atoms with Crippen LogP contribution in [-0.2, 0) is 15.0 Å². The van der Waals surface area contributed by atoms with Crippen LogP contribution in [0.2, 0.25) is 0 Å². The molecule has 0 aliphatic carbocycles. The first kappa shape index (κ1) is 25.2. The second kappa shape index (κ2) is 10.4. The molecule has 0 atom stereocenters. The maximum atomic E-state index is 11.0. The molecular formula is C29H31NO6. The smallest absolute Gasteiger partial charge is 0.317 e. The van der Waals surface area contributed by atoms with Gasteiger partial charge in [0, 0.05) is 0 Å². The molecular weight excluding hydrogens is 458 g/mol. The lowest BCUT2D eigenvalue weighted by molar-refractivity contribution is -0.154. The van der Waals surface area contributed by atoms with Gasteiger partial charge >= 0.3 is 11.9 Å². The van der Waals surface area contributed by atoms with Crippen LogP contribution in [0.5, 0.6) is 5.75 Å². The summed E-state index contributed by atoms with van der Waals surface area (Å²) in [6.07, 6.45) is 1.93. The molecule has 4 aromatic rings. The molecule has 0 radical (unpaired) electrons. The zero-order chi connectivity index (χ0) is 25.9. The van der Waals surface area contributed by atoms with E-state index in [1.807, 2.05) is 42.5 Å². The van der Waals surface area contributed by atoms with Crippen LogP contribution in [0.4, 0.5) is 0 Å². The van der Waals surface area contributed by atoms with Crippen molar-refractivity contribution >= 4 is 33.8 Å². The summed E-state index contributed by atoms with van der Waals surface area (Å²) in [6.45, 7) is 6.89. The zero-order valence-corrected chi connectivity index (χ0v) is 20.8. The van der Waals surface area contributed by atoms with Gasteiger partial charge in [-0.25, -0.2) is 4.98 Å². The minimum atomic E-state index is -1.36. The van der Waals surface area contributed by atoms with Gasteiger partial charge in [0.05, 0.1) is 12.2 Å². The van der Waals surface area contributed by atoms with Crippen LogP contribution in [0, 0.1) is 5.92 Å². The third-order valence-corrected chi connectivity index (χ3v) is 6.32. The van der Waals surface area contributed by atoms with Gasteiger partial charge in [-0.05, 0) is 58.9 Å². The van der Waals surface area contributed by atoms with E-state index in [1.165, 1.54) is 5.56 Å². The maximum absolute atomic E-state index is 11.0. The standard InChI is InChI=1S/C29H31NO6/c1-29(2,3)20-12-13-24-23(17-20)30-26(36-24)22-15-18-9-6-7-10-19(18)16-25(22)35-14-8-4-5-11-21(27(31)32)28(33)34/h6-7,9-10,12-13,15-17,21H,4-5,8,11,14H2,1-3H3,(H,31,32)(H,33,34). The van der Waals surface area contributed by atoms with Gasteiger partial charge < -0.3 is 19.4 Å². The number of ether oxygens (including phenoxy) is 1. The third kappa shape index (κ3) is 5.67. The Bertz CT molecular complexity index is 1380. The highest BCUT2D eigenvalue weighted by atomic mass is 16.5. The molecule has 0 fully saturated rings. The van der Waals surface area contributed by atoms with Crippen LogP contribution in [0.1, 0.15) is 52.0 Å². The van der Waals surface area contributed by atoms with E-state index in [4.69, 9.17) is 24.4 Å². The summed E-state index contributed by atoms with van der Waals surface area (Å²) in [5.74, 6) is -2.82. The van der Waals surface area contributed by atoms with Gasteiger partial charge in [-0.2, -0.15) is 0 Å². The molecule has 7 nitrogen and oxygen atoms in total. The van der Waals surface area contributed by atoms with Gasteiger partial charge in [0.2, 0.25) is 5.89 Å². The Morgan fingerprint density at radius 3 is 2.31 bits per heavy atom. The number of benzene rings is 3. The summed E-state index contributed by atoms with van der Waals surface area (Å²) in [4.78, 5) is 26.9. The monoisotopic (exact) mass is 489 g/mol. The molecule has 3 aromatic carbocycles. The SMILES string of the molecule is CC(C)(C)c1ccc2oc(-c3cc4ccccc4cc3OCCCCCC(C(=O)O)C(=O)O)nc2c1. The van der Waals surface area contributed by atoms with E-state index in [-0.39, 0.29) is 11.8 Å². The Kier molecular flexibility index (Phi) is 7.29. The summed E-state index contributed by atoms with van der Waals surface area (Å²) in [6, 6.07) is 18.1. The number of oxazole rings is 1. The molecule has 4 rings (SSSR count). The van der Waals surface area contributed by atoms with E-state index < -0.39 is 17.9 Å². The molecule has 0 unspecified atom stereocenters. The van der Waals surface area contributed by atoms with Crippen molar-refractivity contribution in [3.63, 3.8) is 0 Å². The molecule has 0 aliphatic rings. The fourth-order valence-electron chi connectivity index (χ4n) is 4.18. The quantitative estimate of drug-likeness (QED) is 0.189. The number of carboxylic acid groups (broad SMARTS) is 2. The Labute approximate surface area is 209 Å². The molecule has 188 valence electrons. The summed E-state index contributed by atoms with van der Waals surface area (Å²) in [7, 11) is 0. The lowest BCUT2D eigenvalue weighted by Crippen LogP contribution is -2.23. The summed E-state index contributed by atoms with van der Waals surface area (Å²) < 4.78 is 12.3. The molecule has 1 aromatic heterocycles. The molecule has 7 heteroatoms. The molecule has 1 heterocycles. The van der Waals surface area contributed by atoms with E-state index >= 15 is 0 Å². The fourth-order valence-corrected chi connectivity index (χ4v) is 4.18. The second-order valence-electron chi connectivity index (χ2n) is 10.1. The van der Waals surface area contributed by atoms with Crippen molar-refractivity contribution in [2.45, 2.75) is 51.9 Å². The van der Waals surface area contributed by atoms with Crippen molar-refractivity contribution in [2.75, 3.05) is 6.61 Å². The van der Waals surface area contributed by atoms with Crippen molar-refractivity contribution in [2.24, 2.45) is 5.92 Å². The predicted molar refractivity (Wildman–Crippen MR) is 138 cm³/mol. The second-order valence-corrected chi connectivity index (χ2v) is 10.1. The number of carbonyl (C=O) groups is 2. The number of aromatic nitrogens is 1. The Hall–Kier alpha value is -3.87. The highest BCUT2D eigenvalue weighted by molar-refractivity contribution is 5.93. The number of nitrogens with zero attached hydrogens (tertiary/aromatic N) is 1. The van der Waals surface area contributed by atoms with Crippen molar-refractivity contribution in [3.05, 3.63) is 60.2 Å². The Balaban J connectivity index is 1.53. The van der Waals surface area contributed by atoms with Crippen LogP contribution in [-0.4, -0.2) is 33.7 Å². The van der Waals surface area contributed by atoms with Gasteiger partial charge in [0.25, 0.3) is 0 Å². The highest BCUT2D eigenvalue weighted by Crippen LogP contribution is 2.36. The number of aliphatic carboxylic acids is 2. The molecule has 0 aliphatic heterocycles. The fraction of sp³-hybridized carbons (Fsp3) is 0.345. The number of hydrogen-bond acceptors (Lipinski definition) is 5. The van der Waals surface area contributed by atoms with E-state index in [0.717, 1.165) is 21.9 Å². The number of unbranched alkanes of at least 4 members (excludes halogenated alkanes) is 2. The number of hydrogen-bond donors (Lipinski definition) is 2. The molecule has 0 saturated carbocycles. The molecule has 2 N–H and O–H groups in total. The minimum Gasteiger partial charge on any atom is -0.493 e. The lowest BCUT2D eigenvalue weighted by atomic mass is 9.87. The first-order valence-electron chi connectivity index (χ1n) is 12.2. The summed E-state index contributed by atoms with van der Waals surface area (Å²) in [5, 5.41) is 20.1. The van der Waals surface area contributed by atoms with Crippen LogP contribution >= 0.6 is 0 Å². The first-order valence-corrected chi connectivity index (χ1v) is 12.2. The lowest BCUT2D eigenvalue weighted by Gasteiger charge is -2.18. The van der Waals surface area contributed by atoms with Crippen LogP contribution < -0.4 is 4.74 Å². The van der Waals surface area contributed by atoms with E-state index in [0.29, 0.717) is 43.1 Å². The number of fused-ring (bicyclic) bond motifs is 2. The molecule has 0 amide bonds. The summed E-state index contributed by atoms with van der Waals surface area (Å²) >= 11 is 0. The minimum absolute atomic E-state index is 0.000523. The topological polar surface area (TPSA) is 110 Å². The molecule has 0 spiro atoms. The predicted octanol–water partition coefficient (Wildman–Crippen LogP) is 6.67. The van der Waals surface area contributed by atoms with Crippen LogP contribution in [0.25, 0.3) is 33.3 Å². The summed E-state index contributed by atoms with van der Waals surface area (Å²) in [5.41, 5.74) is 3.45. The molecule has 36 heavy (non-hydrogen) atoms. The number of rotatable bonds is 10. The van der Waals surface area contributed by atoms with Crippen molar-refractivity contribution < 1.29 is 29.0 Å². The zero-order valence-electron chi connectivity index (χ0n) is 20.8. The van der Waals surface area contributed by atoms with Crippen LogP contribution in [0.3, 0.4) is 0 Å². The maximum Gasteiger partial charge on any atom is 0.317 e. The Morgan fingerprint density at radius 2 is 1.64 bits per heavy atom. The van der Waals surface area contributed by atoms with E-state index in [1.54, 1.807) is 0 Å². The highest BCUT2D eigenvalue weighted by Gasteiger charge is 2.24. The number of carboxylic acids is 2. The normalized spacial score (nSPS) is 11.9. The average Bonchev–Trinajstić information content (AvgIpc) is 3.25. The van der Waals surface area contributed by atoms with Gasteiger partial charge in [0.1, 0.15) is 11.3 Å². The van der Waals surface area contributed by atoms with Gasteiger partial charge in [0.15, 0.2) is 11.5 Å². The average molecular weight is 490 g/mol. The Morgan fingerprint density at radius 1 is 0.944 bits per heavy atom. The molecule has 0 saturated heterocycles. The third-order valence-electron chi connectivity index (χ3n) is 6.32. The molecule has 0 bridgehead atoms. The first-order chi connectivity index (χ1) is 17.1. The van der Waals surface area contributed by atoms with Crippen molar-refractivity contribution in [3.8, 4) is 17.2 Å². The van der Waals surface area contributed by atoms with Gasteiger partial charge in [-0.15, -0.1) is 0 Å². The van der Waals surface area contributed by atoms with E-state index in [9.17, 15) is 9.59 Å². The van der Waals surface area contributed by atoms with Gasteiger partial charge in [-0.3, -0.25) is 9.59 Å². The van der Waals surface area contributed by atoms with Crippen LogP contribution in [0.15, 0.2) is 59.0 Å². The largest absolute Gasteiger partial charge is 0.493 e. The van der Waals surface area contributed by atoms with E-state index in [2.05, 4.69) is 32.9 Å². The van der Waals surface area contributed by atoms with Crippen molar-refractivity contribution in [1.29, 1.82) is 0 Å².